The van der Waals surface area contributed by atoms with E-state index in [1.807, 2.05) is 0 Å². The molecule has 1 atom stereocenters. The number of aromatic nitrogens is 2. The van der Waals surface area contributed by atoms with Crippen LogP contribution in [-0.2, 0) is 4.74 Å². The molecular weight excluding hydrogens is 308 g/mol. The fourth-order valence-electron chi connectivity index (χ4n) is 2.27. The highest BCUT2D eigenvalue weighted by Gasteiger charge is 2.23. The number of methoxy groups -OCH3 is 1. The van der Waals surface area contributed by atoms with Crippen LogP contribution in [0.2, 0.25) is 0 Å². The van der Waals surface area contributed by atoms with Crippen molar-refractivity contribution in [3.05, 3.63) is 10.8 Å². The minimum absolute atomic E-state index is 0.294. The van der Waals surface area contributed by atoms with Gasteiger partial charge in [-0.25, -0.2) is 9.97 Å². The molecule has 0 aliphatic carbocycles. The zero-order valence-corrected chi connectivity index (χ0v) is 13.1. The minimum Gasteiger partial charge on any atom is -0.380 e. The van der Waals surface area contributed by atoms with Crippen LogP contribution in [0.5, 0.6) is 0 Å². The van der Waals surface area contributed by atoms with E-state index in [0.717, 1.165) is 55.0 Å². The van der Waals surface area contributed by atoms with Crippen LogP contribution in [0.3, 0.4) is 0 Å². The third-order valence-electron chi connectivity index (χ3n) is 3.32. The van der Waals surface area contributed by atoms with Gasteiger partial charge >= 0.3 is 0 Å². The van der Waals surface area contributed by atoms with Gasteiger partial charge in [0.05, 0.1) is 6.10 Å². The van der Waals surface area contributed by atoms with E-state index < -0.39 is 0 Å². The van der Waals surface area contributed by atoms with E-state index >= 15 is 0 Å². The van der Waals surface area contributed by atoms with Crippen LogP contribution in [0.4, 0.5) is 11.6 Å². The molecule has 0 amide bonds. The van der Waals surface area contributed by atoms with E-state index in [1.54, 1.807) is 13.4 Å². The van der Waals surface area contributed by atoms with Gasteiger partial charge in [0, 0.05) is 26.7 Å². The zero-order chi connectivity index (χ0) is 13.7. The van der Waals surface area contributed by atoms with Crippen molar-refractivity contribution in [2.75, 3.05) is 37.0 Å². The highest BCUT2D eigenvalue weighted by atomic mass is 79.9. The molecule has 1 saturated heterocycles. The second kappa shape index (κ2) is 7.05. The first kappa shape index (κ1) is 14.5. The first-order chi connectivity index (χ1) is 9.26. The maximum Gasteiger partial charge on any atom is 0.148 e. The molecule has 5 nitrogen and oxygen atoms in total. The summed E-state index contributed by atoms with van der Waals surface area (Å²) in [5, 5.41) is 3.31. The van der Waals surface area contributed by atoms with Crippen molar-refractivity contribution in [1.82, 2.24) is 9.97 Å². The Hall–Kier alpha value is -0.880. The number of halogens is 1. The van der Waals surface area contributed by atoms with Crippen molar-refractivity contribution in [2.45, 2.75) is 32.3 Å². The third-order valence-corrected chi connectivity index (χ3v) is 4.05. The largest absolute Gasteiger partial charge is 0.380 e. The third kappa shape index (κ3) is 3.57. The van der Waals surface area contributed by atoms with E-state index in [9.17, 15) is 0 Å². The van der Waals surface area contributed by atoms with Crippen LogP contribution in [0.15, 0.2) is 10.8 Å². The molecule has 19 heavy (non-hydrogen) atoms. The molecule has 106 valence electrons. The van der Waals surface area contributed by atoms with Gasteiger partial charge in [-0.05, 0) is 35.2 Å². The lowest BCUT2D eigenvalue weighted by atomic mass is 10.1. The van der Waals surface area contributed by atoms with Gasteiger partial charge in [0.25, 0.3) is 0 Å². The van der Waals surface area contributed by atoms with Crippen molar-refractivity contribution >= 4 is 27.6 Å². The Morgan fingerprint density at radius 2 is 2.37 bits per heavy atom. The molecule has 1 aliphatic rings. The number of hydrogen-bond acceptors (Lipinski definition) is 5. The molecule has 0 saturated carbocycles. The van der Waals surface area contributed by atoms with Crippen LogP contribution in [0.25, 0.3) is 0 Å². The zero-order valence-electron chi connectivity index (χ0n) is 11.5. The average molecular weight is 329 g/mol. The van der Waals surface area contributed by atoms with Gasteiger partial charge < -0.3 is 15.0 Å². The molecule has 1 unspecified atom stereocenters. The lowest BCUT2D eigenvalue weighted by Gasteiger charge is -2.33. The van der Waals surface area contributed by atoms with Gasteiger partial charge in [0.15, 0.2) is 0 Å². The number of piperidine rings is 1. The van der Waals surface area contributed by atoms with Crippen molar-refractivity contribution in [3.63, 3.8) is 0 Å². The van der Waals surface area contributed by atoms with E-state index in [-0.39, 0.29) is 0 Å². The summed E-state index contributed by atoms with van der Waals surface area (Å²) >= 11 is 3.62. The molecule has 2 rings (SSSR count). The summed E-state index contributed by atoms with van der Waals surface area (Å²) in [5.74, 6) is 1.82. The predicted octanol–water partition coefficient (Wildman–Crippen LogP) is 2.68. The predicted molar refractivity (Wildman–Crippen MR) is 80.8 cm³/mol. The summed E-state index contributed by atoms with van der Waals surface area (Å²) < 4.78 is 6.41. The standard InChI is InChI=1S/C13H21BrN4O/c1-3-6-15-12-11(14)13(17-9-16-12)18-7-4-5-10(8-18)19-2/h9-10H,3-8H2,1-2H3,(H,15,16,17). The highest BCUT2D eigenvalue weighted by molar-refractivity contribution is 9.10. The van der Waals surface area contributed by atoms with Crippen molar-refractivity contribution in [3.8, 4) is 0 Å². The lowest BCUT2D eigenvalue weighted by molar-refractivity contribution is 0.0891. The fraction of sp³-hybridized carbons (Fsp3) is 0.692. The number of nitrogens with one attached hydrogen (secondary N) is 1. The number of nitrogens with zero attached hydrogens (tertiary/aromatic N) is 3. The number of anilines is 2. The molecule has 0 aromatic carbocycles. The lowest BCUT2D eigenvalue weighted by Crippen LogP contribution is -2.40. The summed E-state index contributed by atoms with van der Waals surface area (Å²) in [5.41, 5.74) is 0. The molecule has 1 aromatic heterocycles. The average Bonchev–Trinajstić information content (AvgIpc) is 2.46. The van der Waals surface area contributed by atoms with Crippen LogP contribution >= 0.6 is 15.9 Å². The van der Waals surface area contributed by atoms with Gasteiger partial charge in [-0.1, -0.05) is 6.92 Å². The van der Waals surface area contributed by atoms with Crippen LogP contribution in [0, 0.1) is 0 Å². The van der Waals surface area contributed by atoms with Gasteiger partial charge in [-0.15, -0.1) is 0 Å². The second-order valence-corrected chi connectivity index (χ2v) is 5.53. The van der Waals surface area contributed by atoms with E-state index in [0.29, 0.717) is 6.10 Å². The van der Waals surface area contributed by atoms with E-state index in [2.05, 4.69) is 43.0 Å². The summed E-state index contributed by atoms with van der Waals surface area (Å²) in [6.45, 7) is 4.95. The fourth-order valence-corrected chi connectivity index (χ4v) is 2.87. The molecule has 1 fully saturated rings. The monoisotopic (exact) mass is 328 g/mol. The van der Waals surface area contributed by atoms with Gasteiger partial charge in [0.1, 0.15) is 22.4 Å². The maximum atomic E-state index is 5.46. The highest BCUT2D eigenvalue weighted by Crippen LogP contribution is 2.31. The molecule has 0 spiro atoms. The first-order valence-electron chi connectivity index (χ1n) is 6.78. The van der Waals surface area contributed by atoms with E-state index in [1.165, 1.54) is 0 Å². The molecule has 1 N–H and O–H groups in total. The maximum absolute atomic E-state index is 5.46. The van der Waals surface area contributed by atoms with Gasteiger partial charge in [0.2, 0.25) is 0 Å². The van der Waals surface area contributed by atoms with Crippen LogP contribution in [0.1, 0.15) is 26.2 Å². The minimum atomic E-state index is 0.294. The Labute approximate surface area is 122 Å². The summed E-state index contributed by atoms with van der Waals surface area (Å²) in [4.78, 5) is 11.0. The van der Waals surface area contributed by atoms with Gasteiger partial charge in [-0.2, -0.15) is 0 Å². The molecule has 1 aliphatic heterocycles. The Morgan fingerprint density at radius 3 is 3.11 bits per heavy atom. The Balaban J connectivity index is 2.14. The molecule has 2 heterocycles. The van der Waals surface area contributed by atoms with Gasteiger partial charge in [-0.3, -0.25) is 0 Å². The number of hydrogen-bond donors (Lipinski definition) is 1. The Bertz CT molecular complexity index is 416. The first-order valence-corrected chi connectivity index (χ1v) is 7.57. The van der Waals surface area contributed by atoms with Crippen LogP contribution < -0.4 is 10.2 Å². The smallest absolute Gasteiger partial charge is 0.148 e. The molecule has 1 aromatic rings. The summed E-state index contributed by atoms with van der Waals surface area (Å²) in [7, 11) is 1.78. The molecule has 0 radical (unpaired) electrons. The second-order valence-electron chi connectivity index (χ2n) is 4.73. The Kier molecular flexibility index (Phi) is 5.39. The SMILES string of the molecule is CCCNc1ncnc(N2CCCC(OC)C2)c1Br. The number of ether oxygens (including phenoxy) is 1. The van der Waals surface area contributed by atoms with Crippen LogP contribution in [-0.4, -0.2) is 42.8 Å². The van der Waals surface area contributed by atoms with E-state index in [4.69, 9.17) is 4.74 Å². The summed E-state index contributed by atoms with van der Waals surface area (Å²) in [6.07, 6.45) is 5.24. The Morgan fingerprint density at radius 1 is 1.53 bits per heavy atom. The molecule has 0 bridgehead atoms. The molecular formula is C13H21BrN4O. The number of rotatable bonds is 5. The van der Waals surface area contributed by atoms with Crippen molar-refractivity contribution < 1.29 is 4.74 Å². The normalized spacial score (nSPS) is 19.5. The van der Waals surface area contributed by atoms with Crippen molar-refractivity contribution in [1.29, 1.82) is 0 Å². The topological polar surface area (TPSA) is 50.3 Å². The molecule has 6 heteroatoms. The van der Waals surface area contributed by atoms with Crippen molar-refractivity contribution in [2.24, 2.45) is 0 Å². The quantitative estimate of drug-likeness (QED) is 0.900. The summed E-state index contributed by atoms with van der Waals surface area (Å²) in [6, 6.07) is 0.